The summed E-state index contributed by atoms with van der Waals surface area (Å²) in [5.74, 6) is -1.53. The van der Waals surface area contributed by atoms with Crippen molar-refractivity contribution in [2.24, 2.45) is 4.99 Å². The molecule has 0 bridgehead atoms. The maximum atomic E-state index is 10.2. The molecule has 1 amide bonds. The number of Topliss-reactive ketones (excluding diaryl/α,β-unsaturated/α-hetero) is 1. The van der Waals surface area contributed by atoms with E-state index in [0.29, 0.717) is 12.5 Å². The highest BCUT2D eigenvalue weighted by Crippen LogP contribution is 2.03. The fraction of sp³-hybridized carbons (Fsp3) is 0.700. The van der Waals surface area contributed by atoms with Gasteiger partial charge in [-0.1, -0.05) is 0 Å². The smallest absolute Gasteiger partial charge is 0.241 e. The third-order valence-corrected chi connectivity index (χ3v) is 4.15. The van der Waals surface area contributed by atoms with Crippen LogP contribution in [0.5, 0.6) is 0 Å². The second kappa shape index (κ2) is 11.2. The predicted molar refractivity (Wildman–Crippen MR) is 87.2 cm³/mol. The van der Waals surface area contributed by atoms with Gasteiger partial charge in [0.25, 0.3) is 0 Å². The van der Waals surface area contributed by atoms with E-state index in [1.807, 2.05) is 0 Å². The summed E-state index contributed by atoms with van der Waals surface area (Å²) in [6, 6.07) is 0. The molecule has 0 aromatic heterocycles. The minimum Gasteiger partial charge on any atom is -0.862 e. The van der Waals surface area contributed by atoms with E-state index in [0.717, 1.165) is 6.26 Å². The van der Waals surface area contributed by atoms with Crippen molar-refractivity contribution >= 4 is 47.5 Å². The molecule has 0 heterocycles. The van der Waals surface area contributed by atoms with Gasteiger partial charge in [-0.15, -0.1) is 0 Å². The van der Waals surface area contributed by atoms with Crippen LogP contribution >= 0.6 is 0 Å². The number of hydrogen-bond donors (Lipinski definition) is 0. The van der Waals surface area contributed by atoms with E-state index >= 15 is 0 Å². The third kappa shape index (κ3) is 42.8. The molecule has 0 aliphatic heterocycles. The first-order valence-corrected chi connectivity index (χ1v) is 11.5. The lowest BCUT2D eigenvalue weighted by atomic mass is 10.5. The van der Waals surface area contributed by atoms with E-state index in [2.05, 4.69) is 9.12 Å². The maximum absolute atomic E-state index is 10.2. The Balaban J connectivity index is -0.000000278. The standard InChI is InChI=1S/C4H7NO2.C4H8O3S.C2H6NO4S2/c1-3(6)5-4(2)7;1-4(5)3-8(2,6)7;1-8(4,5)3-9(2,6)7/h1-2H3,(H,5,6,7);3H2,1-2H3;1-2H3/q;;-1/p-1. The van der Waals surface area contributed by atoms with Crippen LogP contribution in [0.25, 0.3) is 4.13 Å². The molecule has 0 saturated carbocycles. The Morgan fingerprint density at radius 1 is 0.875 bits per heavy atom. The molecule has 0 N–H and O–H groups in total. The number of carbonyl (C=O) groups is 2. The van der Waals surface area contributed by atoms with Gasteiger partial charge in [-0.2, -0.15) is 0 Å². The minimum atomic E-state index is -3.74. The van der Waals surface area contributed by atoms with Crippen molar-refractivity contribution < 1.29 is 39.9 Å². The molecule has 0 fully saturated rings. The van der Waals surface area contributed by atoms with Gasteiger partial charge in [0.15, 0.2) is 9.84 Å². The van der Waals surface area contributed by atoms with Crippen LogP contribution in [0.4, 0.5) is 0 Å². The molecule has 0 aliphatic carbocycles. The molecule has 24 heavy (non-hydrogen) atoms. The van der Waals surface area contributed by atoms with Crippen LogP contribution in [-0.4, -0.2) is 67.4 Å². The topological polar surface area (TPSA) is 186 Å². The van der Waals surface area contributed by atoms with Gasteiger partial charge in [-0.25, -0.2) is 30.2 Å². The Morgan fingerprint density at radius 2 is 1.21 bits per heavy atom. The van der Waals surface area contributed by atoms with Gasteiger partial charge < -0.3 is 9.23 Å². The molecular formula is C10H20N2O9S3-2. The highest BCUT2D eigenvalue weighted by molar-refractivity contribution is 8.11. The number of aliphatic imine (C=N–C) groups is 1. The van der Waals surface area contributed by atoms with Crippen molar-refractivity contribution in [1.82, 2.24) is 0 Å². The Labute approximate surface area is 142 Å². The van der Waals surface area contributed by atoms with Crippen molar-refractivity contribution in [1.29, 1.82) is 0 Å². The van der Waals surface area contributed by atoms with Gasteiger partial charge in [-0.3, -0.25) is 9.59 Å². The Bertz CT molecular complexity index is 728. The normalized spacial score (nSPS) is 12.2. The van der Waals surface area contributed by atoms with Crippen molar-refractivity contribution in [2.45, 2.75) is 20.8 Å². The summed E-state index contributed by atoms with van der Waals surface area (Å²) >= 11 is 0. The van der Waals surface area contributed by atoms with Gasteiger partial charge in [0.2, 0.25) is 5.91 Å². The number of ketones is 1. The second-order valence-electron chi connectivity index (χ2n) is 4.46. The summed E-state index contributed by atoms with van der Waals surface area (Å²) in [6.45, 7) is 3.73. The zero-order valence-electron chi connectivity index (χ0n) is 14.0. The fourth-order valence-electron chi connectivity index (χ4n) is 0.837. The average molecular weight is 408 g/mol. The molecule has 0 aromatic rings. The van der Waals surface area contributed by atoms with Gasteiger partial charge in [-0.05, 0) is 19.7 Å². The molecule has 0 rings (SSSR count). The first kappa shape index (κ1) is 27.5. The van der Waals surface area contributed by atoms with E-state index in [1.54, 1.807) is 0 Å². The van der Waals surface area contributed by atoms with E-state index in [9.17, 15) is 39.9 Å². The molecule has 14 heteroatoms. The van der Waals surface area contributed by atoms with Gasteiger partial charge in [0.05, 0.1) is 20.0 Å². The molecule has 144 valence electrons. The third-order valence-electron chi connectivity index (χ3n) is 1.05. The minimum absolute atomic E-state index is 0.312. The van der Waals surface area contributed by atoms with Crippen molar-refractivity contribution in [3.8, 4) is 0 Å². The van der Waals surface area contributed by atoms with Crippen LogP contribution in [0.15, 0.2) is 4.99 Å². The molecule has 0 aliphatic rings. The van der Waals surface area contributed by atoms with Crippen LogP contribution in [0.2, 0.25) is 0 Å². The summed E-state index contributed by atoms with van der Waals surface area (Å²) in [4.78, 5) is 22.9. The van der Waals surface area contributed by atoms with Gasteiger partial charge in [0.1, 0.15) is 11.5 Å². The lowest BCUT2D eigenvalue weighted by Crippen LogP contribution is -2.13. The summed E-state index contributed by atoms with van der Waals surface area (Å²) in [6.07, 6.45) is 2.47. The lowest BCUT2D eigenvalue weighted by Gasteiger charge is -2.11. The van der Waals surface area contributed by atoms with E-state index in [1.165, 1.54) is 20.8 Å². The van der Waals surface area contributed by atoms with Gasteiger partial charge >= 0.3 is 0 Å². The van der Waals surface area contributed by atoms with E-state index in [-0.39, 0.29) is 11.5 Å². The van der Waals surface area contributed by atoms with Crippen molar-refractivity contribution in [3.05, 3.63) is 4.13 Å². The summed E-state index contributed by atoms with van der Waals surface area (Å²) in [7, 11) is -10.6. The molecule has 0 atom stereocenters. The van der Waals surface area contributed by atoms with Crippen LogP contribution in [0.1, 0.15) is 20.8 Å². The highest BCUT2D eigenvalue weighted by atomic mass is 32.3. The molecule has 11 nitrogen and oxygen atoms in total. The lowest BCUT2D eigenvalue weighted by molar-refractivity contribution is -0.215. The number of carbonyl (C=O) groups excluding carboxylic acids is 2. The van der Waals surface area contributed by atoms with Crippen LogP contribution in [0.3, 0.4) is 0 Å². The van der Waals surface area contributed by atoms with Crippen molar-refractivity contribution in [3.63, 3.8) is 0 Å². The number of amides is 1. The summed E-state index contributed by atoms with van der Waals surface area (Å²) in [5, 5.41) is 9.87. The largest absolute Gasteiger partial charge is 0.862 e. The number of sulfonamides is 2. The summed E-state index contributed by atoms with van der Waals surface area (Å²) in [5.41, 5.74) is 0. The first-order chi connectivity index (χ1) is 10.2. The zero-order valence-corrected chi connectivity index (χ0v) is 16.5. The average Bonchev–Trinajstić information content (AvgIpc) is 2.04. The van der Waals surface area contributed by atoms with Crippen LogP contribution in [0, 0.1) is 0 Å². The maximum Gasteiger partial charge on any atom is 0.241 e. The molecular weight excluding hydrogens is 388 g/mol. The molecule has 0 radical (unpaired) electrons. The second-order valence-corrected chi connectivity index (χ2v) is 10.1. The quantitative estimate of drug-likeness (QED) is 0.382. The Morgan fingerprint density at radius 3 is 1.21 bits per heavy atom. The number of sulfone groups is 1. The Kier molecular flexibility index (Phi) is 12.8. The number of nitrogens with zero attached hydrogens (tertiary/aromatic N) is 2. The molecule has 0 unspecified atom stereocenters. The van der Waals surface area contributed by atoms with Crippen molar-refractivity contribution in [2.75, 3.05) is 24.5 Å². The van der Waals surface area contributed by atoms with E-state index in [4.69, 9.17) is 0 Å². The monoisotopic (exact) mass is 408 g/mol. The Hall–Kier alpha value is -1.38. The zero-order chi connectivity index (χ0) is 20.4. The number of hydrogen-bond acceptors (Lipinski definition) is 9. The molecule has 0 saturated heterocycles. The van der Waals surface area contributed by atoms with Gasteiger partial charge in [0, 0.05) is 25.7 Å². The molecule has 0 aromatic carbocycles. The highest BCUT2D eigenvalue weighted by Gasteiger charge is 2.03. The SMILES string of the molecule is CC(=O)CS(C)(=O)=O.CC(=O)N=C(C)[O-].CS(=O)(=O)[N-]S(C)(=O)=O. The van der Waals surface area contributed by atoms with Crippen LogP contribution < -0.4 is 5.11 Å². The molecule has 0 spiro atoms. The fourth-order valence-corrected chi connectivity index (χ4v) is 3.54. The van der Waals surface area contributed by atoms with E-state index < -0.39 is 41.7 Å². The predicted octanol–water partition coefficient (Wildman–Crippen LogP) is -1.79. The van der Waals surface area contributed by atoms with Crippen LogP contribution in [-0.2, 0) is 39.5 Å². The number of rotatable bonds is 4. The summed E-state index contributed by atoms with van der Waals surface area (Å²) < 4.78 is 63.3. The first-order valence-electron chi connectivity index (χ1n) is 5.79.